The average Bonchev–Trinajstić information content (AvgIpc) is 2.89. The van der Waals surface area contributed by atoms with Crippen LogP contribution in [-0.4, -0.2) is 47.6 Å². The van der Waals surface area contributed by atoms with Gasteiger partial charge in [0.2, 0.25) is 0 Å². The monoisotopic (exact) mass is 522 g/mol. The number of carbonyl (C=O) groups is 2. The summed E-state index contributed by atoms with van der Waals surface area (Å²) in [5, 5.41) is 19.4. The lowest BCUT2D eigenvalue weighted by atomic mass is 10.1. The van der Waals surface area contributed by atoms with Crippen LogP contribution < -0.4 is 0 Å². The van der Waals surface area contributed by atoms with Crippen molar-refractivity contribution in [3.8, 4) is 0 Å². The normalized spacial score (nSPS) is 13.5. The molecule has 0 aliphatic heterocycles. The summed E-state index contributed by atoms with van der Waals surface area (Å²) >= 11 is 0. The van der Waals surface area contributed by atoms with E-state index in [0.29, 0.717) is 19.3 Å². The van der Waals surface area contributed by atoms with Crippen LogP contribution in [-0.2, 0) is 19.1 Å². The van der Waals surface area contributed by atoms with Crippen LogP contribution in [0.5, 0.6) is 0 Å². The molecule has 0 aromatic carbocycles. The maximum absolute atomic E-state index is 11.9. The van der Waals surface area contributed by atoms with Gasteiger partial charge in [-0.1, -0.05) is 108 Å². The Morgan fingerprint density at radius 1 is 0.757 bits per heavy atom. The fraction of sp³-hybridized carbons (Fsp3) is 0.742. The van der Waals surface area contributed by atoms with Crippen molar-refractivity contribution in [2.24, 2.45) is 0 Å². The SMILES string of the molecule is CCCCCCCC/C=C/C/C=C/C=C/C(O)CCCC(=O)OC[C@H](CO)OC(=O)CCCCCCC. The zero-order valence-corrected chi connectivity index (χ0v) is 23.6. The van der Waals surface area contributed by atoms with Crippen LogP contribution in [0.15, 0.2) is 36.5 Å². The maximum Gasteiger partial charge on any atom is 0.306 e. The predicted molar refractivity (Wildman–Crippen MR) is 151 cm³/mol. The molecule has 2 N–H and O–H groups in total. The Kier molecular flexibility index (Phi) is 25.7. The summed E-state index contributed by atoms with van der Waals surface area (Å²) < 4.78 is 10.3. The topological polar surface area (TPSA) is 93.1 Å². The average molecular weight is 523 g/mol. The highest BCUT2D eigenvalue weighted by Crippen LogP contribution is 2.09. The highest BCUT2D eigenvalue weighted by atomic mass is 16.6. The highest BCUT2D eigenvalue weighted by Gasteiger charge is 2.16. The molecule has 0 amide bonds. The van der Waals surface area contributed by atoms with Gasteiger partial charge in [0, 0.05) is 12.8 Å². The van der Waals surface area contributed by atoms with Gasteiger partial charge < -0.3 is 19.7 Å². The minimum atomic E-state index is -0.835. The van der Waals surface area contributed by atoms with Gasteiger partial charge in [-0.2, -0.15) is 0 Å². The second-order valence-corrected chi connectivity index (χ2v) is 9.68. The summed E-state index contributed by atoms with van der Waals surface area (Å²) in [5.74, 6) is -0.808. The van der Waals surface area contributed by atoms with E-state index in [1.807, 2.05) is 12.2 Å². The molecule has 0 spiro atoms. The summed E-state index contributed by atoms with van der Waals surface area (Å²) in [6, 6.07) is 0. The van der Waals surface area contributed by atoms with E-state index in [4.69, 9.17) is 9.47 Å². The molecule has 214 valence electrons. The molecule has 0 aromatic rings. The molecule has 0 radical (unpaired) electrons. The van der Waals surface area contributed by atoms with Crippen molar-refractivity contribution >= 4 is 11.9 Å². The third kappa shape index (κ3) is 25.5. The lowest BCUT2D eigenvalue weighted by Gasteiger charge is -2.16. The lowest BCUT2D eigenvalue weighted by molar-refractivity contribution is -0.161. The molecular formula is C31H54O6. The molecule has 6 nitrogen and oxygen atoms in total. The number of ether oxygens (including phenoxy) is 2. The zero-order valence-electron chi connectivity index (χ0n) is 23.6. The third-order valence-electron chi connectivity index (χ3n) is 6.04. The molecule has 0 saturated carbocycles. The summed E-state index contributed by atoms with van der Waals surface area (Å²) in [4.78, 5) is 23.8. The molecule has 2 atom stereocenters. The van der Waals surface area contributed by atoms with Gasteiger partial charge in [0.1, 0.15) is 6.61 Å². The number of rotatable bonds is 25. The Labute approximate surface area is 226 Å². The summed E-state index contributed by atoms with van der Waals surface area (Å²) in [6.07, 6.45) is 27.0. The maximum atomic E-state index is 11.9. The number of esters is 2. The van der Waals surface area contributed by atoms with Crippen LogP contribution in [0.3, 0.4) is 0 Å². The lowest BCUT2D eigenvalue weighted by Crippen LogP contribution is -2.28. The van der Waals surface area contributed by atoms with Crippen LogP contribution in [0, 0.1) is 0 Å². The van der Waals surface area contributed by atoms with Gasteiger partial charge in [-0.25, -0.2) is 0 Å². The van der Waals surface area contributed by atoms with Crippen molar-refractivity contribution in [3.05, 3.63) is 36.5 Å². The number of allylic oxidation sites excluding steroid dienone is 5. The predicted octanol–water partition coefficient (Wildman–Crippen LogP) is 7.13. The van der Waals surface area contributed by atoms with Crippen molar-refractivity contribution in [1.29, 1.82) is 0 Å². The Morgan fingerprint density at radius 3 is 2.11 bits per heavy atom. The first-order chi connectivity index (χ1) is 18.0. The number of aliphatic hydroxyl groups excluding tert-OH is 2. The number of hydrogen-bond donors (Lipinski definition) is 2. The van der Waals surface area contributed by atoms with E-state index in [9.17, 15) is 19.8 Å². The number of carbonyl (C=O) groups excluding carboxylic acids is 2. The second kappa shape index (κ2) is 27.1. The van der Waals surface area contributed by atoms with E-state index >= 15 is 0 Å². The fourth-order valence-corrected chi connectivity index (χ4v) is 3.74. The minimum absolute atomic E-state index is 0.155. The van der Waals surface area contributed by atoms with Gasteiger partial charge >= 0.3 is 11.9 Å². The molecule has 37 heavy (non-hydrogen) atoms. The smallest absolute Gasteiger partial charge is 0.306 e. The molecule has 0 saturated heterocycles. The molecule has 0 fully saturated rings. The van der Waals surface area contributed by atoms with Gasteiger partial charge in [-0.05, 0) is 38.5 Å². The molecule has 0 bridgehead atoms. The Morgan fingerprint density at radius 2 is 1.41 bits per heavy atom. The Hall–Kier alpha value is -1.92. The van der Waals surface area contributed by atoms with E-state index in [0.717, 1.165) is 44.9 Å². The largest absolute Gasteiger partial charge is 0.462 e. The van der Waals surface area contributed by atoms with Crippen LogP contribution in [0.25, 0.3) is 0 Å². The first kappa shape index (κ1) is 35.1. The van der Waals surface area contributed by atoms with Crippen LogP contribution in [0.1, 0.15) is 123 Å². The summed E-state index contributed by atoms with van der Waals surface area (Å²) in [7, 11) is 0. The third-order valence-corrected chi connectivity index (χ3v) is 6.04. The van der Waals surface area contributed by atoms with Crippen molar-refractivity contribution in [1.82, 2.24) is 0 Å². The van der Waals surface area contributed by atoms with Gasteiger partial charge in [-0.3, -0.25) is 9.59 Å². The quantitative estimate of drug-likeness (QED) is 0.0573. The number of aliphatic hydroxyl groups is 2. The summed E-state index contributed by atoms with van der Waals surface area (Å²) in [6.45, 7) is 3.83. The molecule has 6 heteroatoms. The van der Waals surface area contributed by atoms with Crippen LogP contribution in [0.2, 0.25) is 0 Å². The zero-order chi connectivity index (χ0) is 27.4. The van der Waals surface area contributed by atoms with Crippen molar-refractivity contribution in [2.45, 2.75) is 135 Å². The first-order valence-electron chi connectivity index (χ1n) is 14.7. The number of unbranched alkanes of at least 4 members (excludes halogenated alkanes) is 10. The fourth-order valence-electron chi connectivity index (χ4n) is 3.74. The van der Waals surface area contributed by atoms with E-state index in [1.165, 1.54) is 38.5 Å². The Balaban J connectivity index is 3.84. The number of hydrogen-bond acceptors (Lipinski definition) is 6. The molecule has 0 heterocycles. The summed E-state index contributed by atoms with van der Waals surface area (Å²) in [5.41, 5.74) is 0. The molecule has 0 aliphatic carbocycles. The standard InChI is InChI=1S/C31H54O6/c1-3-5-7-9-10-11-12-13-14-15-16-18-19-22-28(33)23-21-25-30(34)36-27-29(26-32)37-31(35)24-20-17-8-6-4-2/h13-14,16,18-19,22,28-29,32-33H,3-12,15,17,20-21,23-27H2,1-2H3/b14-13+,18-16+,22-19+/t28?,29-/m0/s1. The minimum Gasteiger partial charge on any atom is -0.462 e. The van der Waals surface area contributed by atoms with Gasteiger partial charge in [0.25, 0.3) is 0 Å². The van der Waals surface area contributed by atoms with Crippen molar-refractivity contribution in [3.63, 3.8) is 0 Å². The second-order valence-electron chi connectivity index (χ2n) is 9.68. The molecular weight excluding hydrogens is 468 g/mol. The van der Waals surface area contributed by atoms with E-state index in [-0.39, 0.29) is 25.6 Å². The van der Waals surface area contributed by atoms with E-state index in [2.05, 4.69) is 32.1 Å². The van der Waals surface area contributed by atoms with Crippen LogP contribution in [0.4, 0.5) is 0 Å². The van der Waals surface area contributed by atoms with Gasteiger partial charge in [-0.15, -0.1) is 0 Å². The van der Waals surface area contributed by atoms with Crippen molar-refractivity contribution < 1.29 is 29.3 Å². The van der Waals surface area contributed by atoms with Gasteiger partial charge in [0.15, 0.2) is 6.10 Å². The first-order valence-corrected chi connectivity index (χ1v) is 14.7. The molecule has 0 aliphatic rings. The Bertz CT molecular complexity index is 625. The van der Waals surface area contributed by atoms with E-state index in [1.54, 1.807) is 6.08 Å². The van der Waals surface area contributed by atoms with E-state index < -0.39 is 18.2 Å². The van der Waals surface area contributed by atoms with Crippen molar-refractivity contribution in [2.75, 3.05) is 13.2 Å². The molecule has 0 aromatic heterocycles. The van der Waals surface area contributed by atoms with Gasteiger partial charge in [0.05, 0.1) is 12.7 Å². The molecule has 1 unspecified atom stereocenters. The highest BCUT2D eigenvalue weighted by molar-refractivity contribution is 5.70. The van der Waals surface area contributed by atoms with Crippen LogP contribution >= 0.6 is 0 Å². The molecule has 0 rings (SSSR count).